The van der Waals surface area contributed by atoms with Crippen molar-refractivity contribution in [2.75, 3.05) is 19.1 Å². The maximum absolute atomic E-state index is 11.0. The molecule has 1 atom stereocenters. The molecular weight excluding hydrogens is 224 g/mol. The molecule has 5 heteroatoms. The van der Waals surface area contributed by atoms with Gasteiger partial charge in [0, 0.05) is 30.7 Å². The normalized spacial score (nSPS) is 13.9. The molecule has 0 aliphatic carbocycles. The van der Waals surface area contributed by atoms with Crippen molar-refractivity contribution in [3.8, 4) is 0 Å². The highest BCUT2D eigenvalue weighted by molar-refractivity contribution is 7.90. The average Bonchev–Trinajstić information content (AvgIpc) is 2.63. The zero-order chi connectivity index (χ0) is 12.2. The van der Waals surface area contributed by atoms with Crippen LogP contribution in [0.5, 0.6) is 0 Å². The minimum atomic E-state index is -2.84. The van der Waals surface area contributed by atoms with Crippen LogP contribution in [0.1, 0.15) is 25.1 Å². The fourth-order valence-corrected chi connectivity index (χ4v) is 2.32. The van der Waals surface area contributed by atoms with Crippen LogP contribution >= 0.6 is 0 Å². The van der Waals surface area contributed by atoms with Gasteiger partial charge in [-0.05, 0) is 32.5 Å². The zero-order valence-electron chi connectivity index (χ0n) is 10.1. The smallest absolute Gasteiger partial charge is 0.147 e. The molecule has 0 radical (unpaired) electrons. The van der Waals surface area contributed by atoms with Crippen LogP contribution in [0.3, 0.4) is 0 Å². The van der Waals surface area contributed by atoms with Crippen molar-refractivity contribution in [3.05, 3.63) is 24.0 Å². The highest BCUT2D eigenvalue weighted by atomic mass is 32.2. The monoisotopic (exact) mass is 244 g/mol. The van der Waals surface area contributed by atoms with Gasteiger partial charge in [0.15, 0.2) is 0 Å². The molecule has 0 aromatic carbocycles. The fourth-order valence-electron chi connectivity index (χ4n) is 1.67. The molecule has 1 N–H and O–H groups in total. The molecule has 0 bridgehead atoms. The minimum Gasteiger partial charge on any atom is -0.350 e. The third kappa shape index (κ3) is 3.98. The fraction of sp³-hybridized carbons (Fsp3) is 0.636. The van der Waals surface area contributed by atoms with E-state index in [2.05, 4.69) is 22.9 Å². The van der Waals surface area contributed by atoms with Crippen molar-refractivity contribution in [1.29, 1.82) is 0 Å². The van der Waals surface area contributed by atoms with E-state index < -0.39 is 9.84 Å². The van der Waals surface area contributed by atoms with E-state index in [1.165, 1.54) is 11.9 Å². The Morgan fingerprint density at radius 1 is 1.50 bits per heavy atom. The molecule has 1 heterocycles. The van der Waals surface area contributed by atoms with E-state index in [1.54, 1.807) is 0 Å². The molecule has 0 aliphatic rings. The van der Waals surface area contributed by atoms with Gasteiger partial charge >= 0.3 is 0 Å². The number of nitrogens with zero attached hydrogens (tertiary/aromatic N) is 1. The van der Waals surface area contributed by atoms with E-state index in [0.29, 0.717) is 6.42 Å². The molecule has 1 unspecified atom stereocenters. The summed E-state index contributed by atoms with van der Waals surface area (Å²) < 4.78 is 24.1. The summed E-state index contributed by atoms with van der Waals surface area (Å²) >= 11 is 0. The van der Waals surface area contributed by atoms with E-state index in [9.17, 15) is 8.42 Å². The van der Waals surface area contributed by atoms with Crippen molar-refractivity contribution in [2.45, 2.75) is 25.9 Å². The van der Waals surface area contributed by atoms with Crippen molar-refractivity contribution < 1.29 is 8.42 Å². The summed E-state index contributed by atoms with van der Waals surface area (Å²) in [6, 6.07) is 4.33. The zero-order valence-corrected chi connectivity index (χ0v) is 10.9. The number of nitrogens with one attached hydrogen (secondary N) is 1. The quantitative estimate of drug-likeness (QED) is 0.818. The second-order valence-corrected chi connectivity index (χ2v) is 6.38. The topological polar surface area (TPSA) is 51.1 Å². The minimum absolute atomic E-state index is 0.249. The Morgan fingerprint density at radius 3 is 2.75 bits per heavy atom. The Bertz CT molecular complexity index is 423. The Balaban J connectivity index is 2.58. The van der Waals surface area contributed by atoms with Gasteiger partial charge in [-0.2, -0.15) is 0 Å². The number of rotatable bonds is 6. The van der Waals surface area contributed by atoms with Gasteiger partial charge in [-0.1, -0.05) is 0 Å². The third-order valence-electron chi connectivity index (χ3n) is 2.66. The molecule has 1 aromatic heterocycles. The number of hydrogen-bond donors (Lipinski definition) is 1. The van der Waals surface area contributed by atoms with Crippen LogP contribution in [-0.4, -0.2) is 32.0 Å². The number of sulfone groups is 1. The van der Waals surface area contributed by atoms with Gasteiger partial charge in [0.05, 0.1) is 5.75 Å². The highest BCUT2D eigenvalue weighted by Crippen LogP contribution is 2.13. The predicted molar refractivity (Wildman–Crippen MR) is 66.2 cm³/mol. The predicted octanol–water partition coefficient (Wildman–Crippen LogP) is 1.20. The molecule has 0 saturated carbocycles. The standard InChI is InChI=1S/C11H20N2O2S/c1-10(12-2)11-6-4-7-13(11)8-5-9-16(3,14)15/h4,6-7,10,12H,5,8-9H2,1-3H3. The van der Waals surface area contributed by atoms with Crippen LogP contribution in [0.25, 0.3) is 0 Å². The first-order valence-corrected chi connectivity index (χ1v) is 7.50. The lowest BCUT2D eigenvalue weighted by atomic mass is 10.2. The van der Waals surface area contributed by atoms with Gasteiger partial charge in [0.25, 0.3) is 0 Å². The van der Waals surface area contributed by atoms with E-state index in [0.717, 1.165) is 6.54 Å². The van der Waals surface area contributed by atoms with Gasteiger partial charge in [-0.15, -0.1) is 0 Å². The van der Waals surface area contributed by atoms with Crippen molar-refractivity contribution >= 4 is 9.84 Å². The number of aromatic nitrogens is 1. The SMILES string of the molecule is CNC(C)c1cccn1CCCS(C)(=O)=O. The Morgan fingerprint density at radius 2 is 2.19 bits per heavy atom. The van der Waals surface area contributed by atoms with Crippen LogP contribution < -0.4 is 5.32 Å². The molecule has 0 aliphatic heterocycles. The van der Waals surface area contributed by atoms with Gasteiger partial charge in [-0.25, -0.2) is 8.42 Å². The Hall–Kier alpha value is -0.810. The van der Waals surface area contributed by atoms with Gasteiger partial charge in [-0.3, -0.25) is 0 Å². The van der Waals surface area contributed by atoms with Gasteiger partial charge in [0.1, 0.15) is 9.84 Å². The van der Waals surface area contributed by atoms with Crippen LogP contribution in [0.2, 0.25) is 0 Å². The maximum Gasteiger partial charge on any atom is 0.147 e. The first-order valence-electron chi connectivity index (χ1n) is 5.44. The number of hydrogen-bond acceptors (Lipinski definition) is 3. The molecule has 4 nitrogen and oxygen atoms in total. The molecule has 0 saturated heterocycles. The van der Waals surface area contributed by atoms with E-state index in [1.807, 2.05) is 19.3 Å². The molecule has 0 amide bonds. The summed E-state index contributed by atoms with van der Waals surface area (Å²) in [5.41, 5.74) is 1.19. The van der Waals surface area contributed by atoms with E-state index in [4.69, 9.17) is 0 Å². The molecule has 0 fully saturated rings. The summed E-state index contributed by atoms with van der Waals surface area (Å²) in [7, 11) is -0.930. The van der Waals surface area contributed by atoms with E-state index in [-0.39, 0.29) is 11.8 Å². The summed E-state index contributed by atoms with van der Waals surface area (Å²) in [6.45, 7) is 2.84. The molecular formula is C11H20N2O2S. The molecule has 16 heavy (non-hydrogen) atoms. The van der Waals surface area contributed by atoms with Gasteiger partial charge in [0.2, 0.25) is 0 Å². The van der Waals surface area contributed by atoms with Crippen molar-refractivity contribution in [1.82, 2.24) is 9.88 Å². The van der Waals surface area contributed by atoms with E-state index >= 15 is 0 Å². The summed E-state index contributed by atoms with van der Waals surface area (Å²) in [5.74, 6) is 0.249. The molecule has 1 aromatic rings. The second-order valence-electron chi connectivity index (χ2n) is 4.12. The Kier molecular flexibility index (Phi) is 4.56. The lowest BCUT2D eigenvalue weighted by Gasteiger charge is -2.14. The summed E-state index contributed by atoms with van der Waals surface area (Å²) in [4.78, 5) is 0. The summed E-state index contributed by atoms with van der Waals surface area (Å²) in [6.07, 6.45) is 3.93. The van der Waals surface area contributed by atoms with Crippen molar-refractivity contribution in [3.63, 3.8) is 0 Å². The first kappa shape index (κ1) is 13.3. The van der Waals surface area contributed by atoms with Crippen LogP contribution in [0, 0.1) is 0 Å². The number of aryl methyl sites for hydroxylation is 1. The molecule has 92 valence electrons. The summed E-state index contributed by atoms with van der Waals surface area (Å²) in [5, 5.41) is 3.18. The average molecular weight is 244 g/mol. The van der Waals surface area contributed by atoms with Crippen LogP contribution in [0.4, 0.5) is 0 Å². The van der Waals surface area contributed by atoms with Crippen molar-refractivity contribution in [2.24, 2.45) is 0 Å². The first-order chi connectivity index (χ1) is 7.44. The van der Waals surface area contributed by atoms with Gasteiger partial charge < -0.3 is 9.88 Å². The lowest BCUT2D eigenvalue weighted by Crippen LogP contribution is -2.17. The molecule has 0 spiro atoms. The second kappa shape index (κ2) is 5.50. The van der Waals surface area contributed by atoms with Crippen LogP contribution in [-0.2, 0) is 16.4 Å². The Labute approximate surface area is 97.6 Å². The van der Waals surface area contributed by atoms with Crippen LogP contribution in [0.15, 0.2) is 18.3 Å². The highest BCUT2D eigenvalue weighted by Gasteiger charge is 2.08. The largest absolute Gasteiger partial charge is 0.350 e. The lowest BCUT2D eigenvalue weighted by molar-refractivity contribution is 0.557. The maximum atomic E-state index is 11.0. The molecule has 1 rings (SSSR count). The third-order valence-corrected chi connectivity index (χ3v) is 3.69.